The van der Waals surface area contributed by atoms with E-state index in [1.54, 1.807) is 12.1 Å². The van der Waals surface area contributed by atoms with Crippen LogP contribution in [-0.2, 0) is 0 Å². The number of oxazole rings is 1. The number of halogens is 1. The summed E-state index contributed by atoms with van der Waals surface area (Å²) < 4.78 is 22.7. The van der Waals surface area contributed by atoms with Gasteiger partial charge in [0.15, 0.2) is 24.2 Å². The SMILES string of the molecule is Fc1ccccc1Oc1cocn1. The molecule has 3 nitrogen and oxygen atoms in total. The maximum atomic E-state index is 13.0. The Morgan fingerprint density at radius 3 is 2.85 bits per heavy atom. The van der Waals surface area contributed by atoms with Crippen LogP contribution in [-0.4, -0.2) is 4.98 Å². The predicted octanol–water partition coefficient (Wildman–Crippen LogP) is 2.61. The predicted molar refractivity (Wildman–Crippen MR) is 43.0 cm³/mol. The number of ether oxygens (including phenoxy) is 1. The molecule has 0 unspecified atom stereocenters. The van der Waals surface area contributed by atoms with Gasteiger partial charge in [0.1, 0.15) is 0 Å². The van der Waals surface area contributed by atoms with Crippen molar-refractivity contribution < 1.29 is 13.5 Å². The lowest BCUT2D eigenvalue weighted by atomic mass is 10.3. The number of rotatable bonds is 2. The minimum Gasteiger partial charge on any atom is -0.448 e. The highest BCUT2D eigenvalue weighted by Gasteiger charge is 2.04. The molecule has 2 aromatic rings. The fraction of sp³-hybridized carbons (Fsp3) is 0. The van der Waals surface area contributed by atoms with Crippen molar-refractivity contribution in [3.05, 3.63) is 42.7 Å². The van der Waals surface area contributed by atoms with Crippen LogP contribution < -0.4 is 4.74 Å². The topological polar surface area (TPSA) is 35.3 Å². The molecule has 1 aromatic heterocycles. The molecule has 0 N–H and O–H groups in total. The Balaban J connectivity index is 2.24. The molecule has 0 amide bonds. The standard InChI is InChI=1S/C9H6FNO2/c10-7-3-1-2-4-8(7)13-9-5-12-6-11-9/h1-6H. The van der Waals surface area contributed by atoms with E-state index < -0.39 is 5.82 Å². The van der Waals surface area contributed by atoms with Gasteiger partial charge >= 0.3 is 0 Å². The smallest absolute Gasteiger partial charge is 0.258 e. The van der Waals surface area contributed by atoms with E-state index in [2.05, 4.69) is 9.40 Å². The molecule has 0 atom stereocenters. The van der Waals surface area contributed by atoms with Crippen molar-refractivity contribution >= 4 is 0 Å². The summed E-state index contributed by atoms with van der Waals surface area (Å²) in [5.41, 5.74) is 0. The van der Waals surface area contributed by atoms with Crippen molar-refractivity contribution in [1.82, 2.24) is 4.98 Å². The number of aromatic nitrogens is 1. The fourth-order valence-electron chi connectivity index (χ4n) is 0.892. The molecule has 0 aliphatic carbocycles. The Hall–Kier alpha value is -1.84. The molecule has 0 saturated heterocycles. The third-order valence-electron chi connectivity index (χ3n) is 1.46. The molecular formula is C9H6FNO2. The van der Waals surface area contributed by atoms with Crippen LogP contribution in [0.15, 0.2) is 41.3 Å². The highest BCUT2D eigenvalue weighted by Crippen LogP contribution is 2.21. The van der Waals surface area contributed by atoms with Gasteiger partial charge in [-0.3, -0.25) is 0 Å². The van der Waals surface area contributed by atoms with Gasteiger partial charge in [-0.2, -0.15) is 4.98 Å². The summed E-state index contributed by atoms with van der Waals surface area (Å²) >= 11 is 0. The van der Waals surface area contributed by atoms with Crippen molar-refractivity contribution in [1.29, 1.82) is 0 Å². The Bertz CT molecular complexity index is 386. The molecule has 0 fully saturated rings. The molecule has 0 spiro atoms. The van der Waals surface area contributed by atoms with E-state index in [9.17, 15) is 4.39 Å². The van der Waals surface area contributed by atoms with Crippen LogP contribution >= 0.6 is 0 Å². The van der Waals surface area contributed by atoms with Crippen LogP contribution in [0.1, 0.15) is 0 Å². The van der Waals surface area contributed by atoms with Crippen molar-refractivity contribution in [2.24, 2.45) is 0 Å². The van der Waals surface area contributed by atoms with Crippen LogP contribution in [0.5, 0.6) is 11.6 Å². The lowest BCUT2D eigenvalue weighted by Crippen LogP contribution is -1.86. The van der Waals surface area contributed by atoms with Crippen LogP contribution in [0.3, 0.4) is 0 Å². The fourth-order valence-corrected chi connectivity index (χ4v) is 0.892. The molecule has 0 bridgehead atoms. The summed E-state index contributed by atoms with van der Waals surface area (Å²) in [5, 5.41) is 0. The zero-order valence-corrected chi connectivity index (χ0v) is 6.61. The molecule has 4 heteroatoms. The summed E-state index contributed by atoms with van der Waals surface area (Å²) in [5.74, 6) is -0.0491. The second-order valence-electron chi connectivity index (χ2n) is 2.36. The van der Waals surface area contributed by atoms with Gasteiger partial charge in [-0.25, -0.2) is 4.39 Å². The molecule has 0 aliphatic heterocycles. The summed E-state index contributed by atoms with van der Waals surface area (Å²) in [6.45, 7) is 0. The van der Waals surface area contributed by atoms with E-state index in [1.165, 1.54) is 24.8 Å². The van der Waals surface area contributed by atoms with Gasteiger partial charge in [0, 0.05) is 0 Å². The van der Waals surface area contributed by atoms with E-state index in [4.69, 9.17) is 4.74 Å². The van der Waals surface area contributed by atoms with Crippen molar-refractivity contribution in [3.8, 4) is 11.6 Å². The van der Waals surface area contributed by atoms with E-state index in [0.29, 0.717) is 0 Å². The van der Waals surface area contributed by atoms with E-state index in [0.717, 1.165) is 0 Å². The zero-order chi connectivity index (χ0) is 9.10. The molecule has 66 valence electrons. The third-order valence-corrected chi connectivity index (χ3v) is 1.46. The highest BCUT2D eigenvalue weighted by atomic mass is 19.1. The summed E-state index contributed by atoms with van der Waals surface area (Å²) in [7, 11) is 0. The first-order valence-electron chi connectivity index (χ1n) is 3.67. The largest absolute Gasteiger partial charge is 0.448 e. The number of nitrogens with zero attached hydrogens (tertiary/aromatic N) is 1. The quantitative estimate of drug-likeness (QED) is 0.710. The summed E-state index contributed by atoms with van der Waals surface area (Å²) in [6, 6.07) is 6.10. The van der Waals surface area contributed by atoms with Crippen LogP contribution in [0.4, 0.5) is 4.39 Å². The van der Waals surface area contributed by atoms with Crippen molar-refractivity contribution in [3.63, 3.8) is 0 Å². The van der Waals surface area contributed by atoms with Gasteiger partial charge < -0.3 is 9.15 Å². The molecule has 1 aromatic carbocycles. The van der Waals surface area contributed by atoms with Gasteiger partial charge in [0.05, 0.1) is 0 Å². The monoisotopic (exact) mass is 179 g/mol. The molecule has 2 rings (SSSR count). The first kappa shape index (κ1) is 7.79. The first-order chi connectivity index (χ1) is 6.36. The van der Waals surface area contributed by atoms with Crippen LogP contribution in [0, 0.1) is 5.82 Å². The van der Waals surface area contributed by atoms with Crippen LogP contribution in [0.2, 0.25) is 0 Å². The van der Waals surface area contributed by atoms with Gasteiger partial charge in [0.2, 0.25) is 0 Å². The molecule has 0 saturated carbocycles. The molecule has 0 radical (unpaired) electrons. The second-order valence-corrected chi connectivity index (χ2v) is 2.36. The number of hydrogen-bond acceptors (Lipinski definition) is 3. The lowest BCUT2D eigenvalue weighted by Gasteiger charge is -2.00. The highest BCUT2D eigenvalue weighted by molar-refractivity contribution is 5.26. The van der Waals surface area contributed by atoms with Crippen LogP contribution in [0.25, 0.3) is 0 Å². The number of benzene rings is 1. The maximum Gasteiger partial charge on any atom is 0.258 e. The van der Waals surface area contributed by atoms with Gasteiger partial charge in [-0.1, -0.05) is 12.1 Å². The van der Waals surface area contributed by atoms with Crippen molar-refractivity contribution in [2.45, 2.75) is 0 Å². The normalized spacial score (nSPS) is 9.92. The third kappa shape index (κ3) is 1.66. The van der Waals surface area contributed by atoms with E-state index in [1.807, 2.05) is 0 Å². The molecule has 13 heavy (non-hydrogen) atoms. The second kappa shape index (κ2) is 3.26. The maximum absolute atomic E-state index is 13.0. The lowest BCUT2D eigenvalue weighted by molar-refractivity contribution is 0.424. The van der Waals surface area contributed by atoms with Gasteiger partial charge in [-0.15, -0.1) is 0 Å². The number of para-hydroxylation sites is 1. The Kier molecular flexibility index (Phi) is 1.96. The molecule has 1 heterocycles. The van der Waals surface area contributed by atoms with Gasteiger partial charge in [-0.05, 0) is 12.1 Å². The molecule has 0 aliphatic rings. The first-order valence-corrected chi connectivity index (χ1v) is 3.67. The molecular weight excluding hydrogens is 173 g/mol. The minimum atomic E-state index is -0.425. The Morgan fingerprint density at radius 2 is 2.15 bits per heavy atom. The van der Waals surface area contributed by atoms with E-state index >= 15 is 0 Å². The average Bonchev–Trinajstić information content (AvgIpc) is 2.61. The van der Waals surface area contributed by atoms with E-state index in [-0.39, 0.29) is 11.6 Å². The Morgan fingerprint density at radius 1 is 1.31 bits per heavy atom. The summed E-state index contributed by atoms with van der Waals surface area (Å²) in [6.07, 6.45) is 2.52. The summed E-state index contributed by atoms with van der Waals surface area (Å²) in [4.78, 5) is 3.70. The number of hydrogen-bond donors (Lipinski definition) is 0. The Labute approximate surface area is 73.8 Å². The van der Waals surface area contributed by atoms with Crippen molar-refractivity contribution in [2.75, 3.05) is 0 Å². The minimum absolute atomic E-state index is 0.136. The zero-order valence-electron chi connectivity index (χ0n) is 6.61. The average molecular weight is 179 g/mol. The van der Waals surface area contributed by atoms with Gasteiger partial charge in [0.25, 0.3) is 5.88 Å².